The van der Waals surface area contributed by atoms with E-state index in [1.54, 1.807) is 13.0 Å². The number of rotatable bonds is 8. The highest BCUT2D eigenvalue weighted by Crippen LogP contribution is 2.26. The SMILES string of the molecule is Cc1ccc(C)c(N([C@@H](C)C(=O)NCCCN(C)C)S(C)(=O)=O)c1. The molecule has 7 heteroatoms. The van der Waals surface area contributed by atoms with Crippen molar-refractivity contribution < 1.29 is 13.2 Å². The number of carbonyl (C=O) groups excluding carboxylic acids is 1. The Kier molecular flexibility index (Phi) is 7.23. The Hall–Kier alpha value is -1.60. The van der Waals surface area contributed by atoms with Crippen LogP contribution < -0.4 is 9.62 Å². The van der Waals surface area contributed by atoms with Gasteiger partial charge in [-0.2, -0.15) is 0 Å². The van der Waals surface area contributed by atoms with Crippen molar-refractivity contribution in [1.82, 2.24) is 10.2 Å². The lowest BCUT2D eigenvalue weighted by Crippen LogP contribution is -2.48. The summed E-state index contributed by atoms with van der Waals surface area (Å²) >= 11 is 0. The number of nitrogens with zero attached hydrogens (tertiary/aromatic N) is 2. The van der Waals surface area contributed by atoms with Crippen LogP contribution in [0.15, 0.2) is 18.2 Å². The molecule has 0 aromatic heterocycles. The zero-order valence-electron chi connectivity index (χ0n) is 15.5. The number of nitrogens with one attached hydrogen (secondary N) is 1. The summed E-state index contributed by atoms with van der Waals surface area (Å²) in [5.41, 5.74) is 2.31. The first kappa shape index (κ1) is 20.4. The van der Waals surface area contributed by atoms with Gasteiger partial charge in [0.2, 0.25) is 15.9 Å². The van der Waals surface area contributed by atoms with Gasteiger partial charge in [-0.05, 0) is 65.0 Å². The molecule has 1 N–H and O–H groups in total. The highest BCUT2D eigenvalue weighted by Gasteiger charge is 2.29. The molecule has 136 valence electrons. The molecule has 6 nitrogen and oxygen atoms in total. The van der Waals surface area contributed by atoms with Gasteiger partial charge in [0, 0.05) is 6.54 Å². The maximum absolute atomic E-state index is 12.4. The molecule has 1 rings (SSSR count). The molecule has 24 heavy (non-hydrogen) atoms. The second-order valence-electron chi connectivity index (χ2n) is 6.47. The summed E-state index contributed by atoms with van der Waals surface area (Å²) in [7, 11) is 0.356. The van der Waals surface area contributed by atoms with E-state index in [2.05, 4.69) is 5.32 Å². The summed E-state index contributed by atoms with van der Waals surface area (Å²) < 4.78 is 25.8. The molecule has 0 fully saturated rings. The maximum Gasteiger partial charge on any atom is 0.243 e. The van der Waals surface area contributed by atoms with Gasteiger partial charge in [-0.15, -0.1) is 0 Å². The van der Waals surface area contributed by atoms with Crippen molar-refractivity contribution in [3.8, 4) is 0 Å². The van der Waals surface area contributed by atoms with Crippen LogP contribution in [0.3, 0.4) is 0 Å². The van der Waals surface area contributed by atoms with E-state index in [1.165, 1.54) is 4.31 Å². The number of hydrogen-bond donors (Lipinski definition) is 1. The second-order valence-corrected chi connectivity index (χ2v) is 8.33. The Morgan fingerprint density at radius 3 is 2.42 bits per heavy atom. The molecular formula is C17H29N3O3S. The van der Waals surface area contributed by atoms with E-state index in [0.29, 0.717) is 12.2 Å². The minimum Gasteiger partial charge on any atom is -0.354 e. The predicted molar refractivity (Wildman–Crippen MR) is 98.9 cm³/mol. The standard InChI is InChI=1S/C17H29N3O3S/c1-13-8-9-14(2)16(12-13)20(24(6,22)23)15(3)17(21)18-10-7-11-19(4)5/h8-9,12,15H,7,10-11H2,1-6H3,(H,18,21)/t15-/m0/s1. The van der Waals surface area contributed by atoms with Crippen molar-refractivity contribution in [2.24, 2.45) is 0 Å². The number of benzene rings is 1. The number of aryl methyl sites for hydroxylation is 2. The maximum atomic E-state index is 12.4. The van der Waals surface area contributed by atoms with Crippen LogP contribution in [-0.4, -0.2) is 58.7 Å². The second kappa shape index (κ2) is 8.48. The van der Waals surface area contributed by atoms with Gasteiger partial charge in [-0.25, -0.2) is 8.42 Å². The average Bonchev–Trinajstić information content (AvgIpc) is 2.45. The predicted octanol–water partition coefficient (Wildman–Crippen LogP) is 1.53. The lowest BCUT2D eigenvalue weighted by atomic mass is 10.1. The third-order valence-electron chi connectivity index (χ3n) is 3.77. The fraction of sp³-hybridized carbons (Fsp3) is 0.588. The Morgan fingerprint density at radius 1 is 1.25 bits per heavy atom. The molecule has 0 aliphatic rings. The highest BCUT2D eigenvalue weighted by molar-refractivity contribution is 7.92. The van der Waals surface area contributed by atoms with Gasteiger partial charge in [0.15, 0.2) is 0 Å². The van der Waals surface area contributed by atoms with E-state index in [1.807, 2.05) is 45.0 Å². The molecule has 0 radical (unpaired) electrons. The van der Waals surface area contributed by atoms with E-state index in [-0.39, 0.29) is 5.91 Å². The average molecular weight is 356 g/mol. The van der Waals surface area contributed by atoms with E-state index in [4.69, 9.17) is 0 Å². The molecule has 0 saturated carbocycles. The van der Waals surface area contributed by atoms with Crippen LogP contribution in [-0.2, 0) is 14.8 Å². The first-order valence-corrected chi connectivity index (χ1v) is 9.88. The van der Waals surface area contributed by atoms with Gasteiger partial charge in [-0.3, -0.25) is 9.10 Å². The number of anilines is 1. The van der Waals surface area contributed by atoms with Gasteiger partial charge in [-0.1, -0.05) is 12.1 Å². The van der Waals surface area contributed by atoms with Crippen LogP contribution in [0, 0.1) is 13.8 Å². The molecular weight excluding hydrogens is 326 g/mol. The Morgan fingerprint density at radius 2 is 1.88 bits per heavy atom. The van der Waals surface area contributed by atoms with Crippen LogP contribution in [0.2, 0.25) is 0 Å². The molecule has 0 heterocycles. The van der Waals surface area contributed by atoms with Crippen molar-refractivity contribution >= 4 is 21.6 Å². The van der Waals surface area contributed by atoms with Crippen LogP contribution in [0.25, 0.3) is 0 Å². The minimum atomic E-state index is -3.58. The summed E-state index contributed by atoms with van der Waals surface area (Å²) in [6.45, 7) is 6.74. The van der Waals surface area contributed by atoms with Crippen LogP contribution >= 0.6 is 0 Å². The van der Waals surface area contributed by atoms with E-state index < -0.39 is 16.1 Å². The topological polar surface area (TPSA) is 69.7 Å². The van der Waals surface area contributed by atoms with Gasteiger partial charge in [0.05, 0.1) is 11.9 Å². The number of amides is 1. The molecule has 0 bridgehead atoms. The third kappa shape index (κ3) is 5.79. The molecule has 0 saturated heterocycles. The molecule has 1 aromatic rings. The fourth-order valence-electron chi connectivity index (χ4n) is 2.49. The summed E-state index contributed by atoms with van der Waals surface area (Å²) in [4.78, 5) is 14.5. The van der Waals surface area contributed by atoms with Crippen molar-refractivity contribution in [2.45, 2.75) is 33.2 Å². The lowest BCUT2D eigenvalue weighted by Gasteiger charge is -2.29. The molecule has 0 unspecified atom stereocenters. The number of hydrogen-bond acceptors (Lipinski definition) is 4. The van der Waals surface area contributed by atoms with Crippen LogP contribution in [0.5, 0.6) is 0 Å². The van der Waals surface area contributed by atoms with Crippen molar-refractivity contribution in [2.75, 3.05) is 37.7 Å². The van der Waals surface area contributed by atoms with Crippen LogP contribution in [0.1, 0.15) is 24.5 Å². The smallest absolute Gasteiger partial charge is 0.243 e. The Bertz CT molecular complexity index is 672. The van der Waals surface area contributed by atoms with E-state index in [0.717, 1.165) is 30.3 Å². The van der Waals surface area contributed by atoms with E-state index >= 15 is 0 Å². The van der Waals surface area contributed by atoms with Gasteiger partial charge < -0.3 is 10.2 Å². The van der Waals surface area contributed by atoms with Gasteiger partial charge in [0.25, 0.3) is 0 Å². The molecule has 0 spiro atoms. The molecule has 1 aromatic carbocycles. The Balaban J connectivity index is 2.97. The van der Waals surface area contributed by atoms with Gasteiger partial charge in [0.1, 0.15) is 6.04 Å². The summed E-state index contributed by atoms with van der Waals surface area (Å²) in [6, 6.07) is 4.78. The normalized spacial score (nSPS) is 13.0. The summed E-state index contributed by atoms with van der Waals surface area (Å²) in [5.74, 6) is -0.292. The summed E-state index contributed by atoms with van der Waals surface area (Å²) in [6.07, 6.45) is 1.94. The molecule has 0 aliphatic carbocycles. The van der Waals surface area contributed by atoms with Crippen molar-refractivity contribution in [3.05, 3.63) is 29.3 Å². The monoisotopic (exact) mass is 355 g/mol. The highest BCUT2D eigenvalue weighted by atomic mass is 32.2. The zero-order chi connectivity index (χ0) is 18.5. The third-order valence-corrected chi connectivity index (χ3v) is 5.00. The molecule has 1 amide bonds. The lowest BCUT2D eigenvalue weighted by molar-refractivity contribution is -0.121. The van der Waals surface area contributed by atoms with E-state index in [9.17, 15) is 13.2 Å². The first-order valence-electron chi connectivity index (χ1n) is 8.03. The summed E-state index contributed by atoms with van der Waals surface area (Å²) in [5, 5.41) is 2.82. The molecule has 0 aliphatic heterocycles. The largest absolute Gasteiger partial charge is 0.354 e. The van der Waals surface area contributed by atoms with Crippen molar-refractivity contribution in [3.63, 3.8) is 0 Å². The van der Waals surface area contributed by atoms with Crippen LogP contribution in [0.4, 0.5) is 5.69 Å². The fourth-order valence-corrected chi connectivity index (χ4v) is 3.72. The zero-order valence-corrected chi connectivity index (χ0v) is 16.3. The quantitative estimate of drug-likeness (QED) is 0.718. The molecule has 1 atom stereocenters. The number of carbonyl (C=O) groups is 1. The van der Waals surface area contributed by atoms with Crippen molar-refractivity contribution in [1.29, 1.82) is 0 Å². The van der Waals surface area contributed by atoms with Gasteiger partial charge >= 0.3 is 0 Å². The first-order chi connectivity index (χ1) is 11.0. The Labute approximate surface area is 145 Å². The number of sulfonamides is 1. The minimum absolute atomic E-state index is 0.292.